The molecule has 0 radical (unpaired) electrons. The van der Waals surface area contributed by atoms with Crippen molar-refractivity contribution in [2.45, 2.75) is 45.1 Å². The molecule has 0 bridgehead atoms. The summed E-state index contributed by atoms with van der Waals surface area (Å²) in [6.07, 6.45) is 0.979. The van der Waals surface area contributed by atoms with E-state index in [4.69, 9.17) is 9.47 Å². The average molecular weight is 335 g/mol. The maximum atomic E-state index is 5.93. The molecular formula is C14H27BrN2O2. The fraction of sp³-hybridized carbons (Fsp3) is 1.00. The number of morpholine rings is 2. The molecule has 0 aromatic carbocycles. The van der Waals surface area contributed by atoms with E-state index in [1.54, 1.807) is 0 Å². The van der Waals surface area contributed by atoms with Gasteiger partial charge >= 0.3 is 0 Å². The summed E-state index contributed by atoms with van der Waals surface area (Å²) in [6.45, 7) is 12.7. The fourth-order valence-electron chi connectivity index (χ4n) is 2.98. The van der Waals surface area contributed by atoms with Crippen LogP contribution >= 0.6 is 15.9 Å². The predicted molar refractivity (Wildman–Crippen MR) is 81.0 cm³/mol. The molecule has 4 nitrogen and oxygen atoms in total. The lowest BCUT2D eigenvalue weighted by atomic mass is 10.1. The van der Waals surface area contributed by atoms with Gasteiger partial charge in [-0.25, -0.2) is 0 Å². The molecule has 0 aromatic rings. The van der Waals surface area contributed by atoms with Gasteiger partial charge in [0.1, 0.15) is 0 Å². The van der Waals surface area contributed by atoms with Gasteiger partial charge in [0.2, 0.25) is 0 Å². The van der Waals surface area contributed by atoms with Crippen molar-refractivity contribution in [2.75, 3.05) is 44.7 Å². The Balaban J connectivity index is 1.82. The Hall–Kier alpha value is 0.320. The highest BCUT2D eigenvalue weighted by Gasteiger charge is 2.29. The second kappa shape index (κ2) is 7.36. The summed E-state index contributed by atoms with van der Waals surface area (Å²) in [5, 5.41) is 0.914. The van der Waals surface area contributed by atoms with E-state index in [2.05, 4.69) is 46.5 Å². The van der Waals surface area contributed by atoms with Crippen LogP contribution in [0.4, 0.5) is 0 Å². The van der Waals surface area contributed by atoms with Crippen molar-refractivity contribution in [1.82, 2.24) is 9.80 Å². The van der Waals surface area contributed by atoms with Crippen LogP contribution in [-0.4, -0.2) is 78.8 Å². The van der Waals surface area contributed by atoms with Gasteiger partial charge < -0.3 is 9.47 Å². The summed E-state index contributed by atoms with van der Waals surface area (Å²) in [5.41, 5.74) is 0. The standard InChI is InChI=1S/C14H27BrN2O2/c1-11(2)17-4-5-18-14(10-17)9-16-7-12(3)19-13(6-15)8-16/h11-14H,4-10H2,1-3H3. The highest BCUT2D eigenvalue weighted by molar-refractivity contribution is 9.09. The first-order valence-electron chi connectivity index (χ1n) is 7.38. The average Bonchev–Trinajstić information content (AvgIpc) is 2.38. The van der Waals surface area contributed by atoms with E-state index < -0.39 is 0 Å². The third-order valence-corrected chi connectivity index (χ3v) is 4.66. The lowest BCUT2D eigenvalue weighted by Crippen LogP contribution is -2.54. The molecule has 0 saturated carbocycles. The van der Waals surface area contributed by atoms with E-state index >= 15 is 0 Å². The number of hydrogen-bond acceptors (Lipinski definition) is 4. The molecule has 5 heteroatoms. The van der Waals surface area contributed by atoms with E-state index in [1.165, 1.54) is 0 Å². The minimum Gasteiger partial charge on any atom is -0.374 e. The smallest absolute Gasteiger partial charge is 0.0829 e. The normalized spacial score (nSPS) is 34.9. The van der Waals surface area contributed by atoms with Gasteiger partial charge in [0, 0.05) is 44.1 Å². The third-order valence-electron chi connectivity index (χ3n) is 3.94. The molecule has 0 amide bonds. The van der Waals surface area contributed by atoms with E-state index in [0.717, 1.165) is 44.7 Å². The van der Waals surface area contributed by atoms with Gasteiger partial charge in [-0.15, -0.1) is 0 Å². The molecule has 0 aliphatic carbocycles. The second-order valence-corrected chi connectivity index (χ2v) is 6.67. The highest BCUT2D eigenvalue weighted by Crippen LogP contribution is 2.16. The van der Waals surface area contributed by atoms with Crippen molar-refractivity contribution < 1.29 is 9.47 Å². The maximum absolute atomic E-state index is 5.93. The molecule has 2 heterocycles. The second-order valence-electron chi connectivity index (χ2n) is 6.02. The van der Waals surface area contributed by atoms with Gasteiger partial charge in [0.25, 0.3) is 0 Å². The quantitative estimate of drug-likeness (QED) is 0.729. The van der Waals surface area contributed by atoms with Crippen molar-refractivity contribution >= 4 is 15.9 Å². The Labute approximate surface area is 125 Å². The summed E-state index contributed by atoms with van der Waals surface area (Å²) in [5.74, 6) is 0. The zero-order valence-electron chi connectivity index (χ0n) is 12.3. The first-order valence-corrected chi connectivity index (χ1v) is 8.50. The predicted octanol–water partition coefficient (Wildman–Crippen LogP) is 1.58. The molecule has 0 spiro atoms. The minimum absolute atomic E-state index is 0.313. The topological polar surface area (TPSA) is 24.9 Å². The molecule has 2 aliphatic heterocycles. The molecule has 2 rings (SSSR count). The van der Waals surface area contributed by atoms with E-state index in [9.17, 15) is 0 Å². The van der Waals surface area contributed by atoms with Gasteiger partial charge in [-0.2, -0.15) is 0 Å². The molecule has 2 aliphatic rings. The van der Waals surface area contributed by atoms with Crippen LogP contribution in [0.15, 0.2) is 0 Å². The zero-order valence-corrected chi connectivity index (χ0v) is 13.9. The largest absolute Gasteiger partial charge is 0.374 e. The van der Waals surface area contributed by atoms with Crippen molar-refractivity contribution in [3.8, 4) is 0 Å². The van der Waals surface area contributed by atoms with Crippen LogP contribution in [-0.2, 0) is 9.47 Å². The summed E-state index contributed by atoms with van der Waals surface area (Å²) in [4.78, 5) is 5.01. The zero-order chi connectivity index (χ0) is 13.8. The third kappa shape index (κ3) is 4.67. The monoisotopic (exact) mass is 334 g/mol. The number of hydrogen-bond donors (Lipinski definition) is 0. The Bertz CT molecular complexity index is 278. The van der Waals surface area contributed by atoms with Crippen LogP contribution < -0.4 is 0 Å². The van der Waals surface area contributed by atoms with Crippen LogP contribution in [0.5, 0.6) is 0 Å². The number of nitrogens with zero attached hydrogens (tertiary/aromatic N) is 2. The van der Waals surface area contributed by atoms with Gasteiger partial charge in [-0.05, 0) is 20.8 Å². The Kier molecular flexibility index (Phi) is 6.09. The van der Waals surface area contributed by atoms with E-state index in [1.807, 2.05) is 0 Å². The van der Waals surface area contributed by atoms with Crippen molar-refractivity contribution in [3.63, 3.8) is 0 Å². The van der Waals surface area contributed by atoms with Crippen LogP contribution in [0.3, 0.4) is 0 Å². The summed E-state index contributed by atoms with van der Waals surface area (Å²) >= 11 is 3.53. The van der Waals surface area contributed by atoms with Gasteiger partial charge in [-0.3, -0.25) is 9.80 Å². The Morgan fingerprint density at radius 3 is 2.68 bits per heavy atom. The Morgan fingerprint density at radius 1 is 1.21 bits per heavy atom. The first-order chi connectivity index (χ1) is 9.08. The summed E-state index contributed by atoms with van der Waals surface area (Å²) in [7, 11) is 0. The van der Waals surface area contributed by atoms with Crippen LogP contribution in [0.25, 0.3) is 0 Å². The van der Waals surface area contributed by atoms with Gasteiger partial charge in [0.15, 0.2) is 0 Å². The molecule has 19 heavy (non-hydrogen) atoms. The van der Waals surface area contributed by atoms with Crippen LogP contribution in [0, 0.1) is 0 Å². The molecule has 3 atom stereocenters. The highest BCUT2D eigenvalue weighted by atomic mass is 79.9. The van der Waals surface area contributed by atoms with Crippen molar-refractivity contribution in [1.29, 1.82) is 0 Å². The molecule has 2 fully saturated rings. The maximum Gasteiger partial charge on any atom is 0.0829 e. The fourth-order valence-corrected chi connectivity index (χ4v) is 3.34. The molecule has 0 N–H and O–H groups in total. The number of rotatable bonds is 4. The molecule has 3 unspecified atom stereocenters. The van der Waals surface area contributed by atoms with Crippen LogP contribution in [0.2, 0.25) is 0 Å². The molecule has 2 saturated heterocycles. The number of halogens is 1. The minimum atomic E-state index is 0.313. The molecular weight excluding hydrogens is 308 g/mol. The SMILES string of the molecule is CC1CN(CC2CN(C(C)C)CCO2)CC(CBr)O1. The lowest BCUT2D eigenvalue weighted by molar-refractivity contribution is -0.0961. The van der Waals surface area contributed by atoms with E-state index in [0.29, 0.717) is 24.4 Å². The van der Waals surface area contributed by atoms with Crippen molar-refractivity contribution in [2.24, 2.45) is 0 Å². The van der Waals surface area contributed by atoms with Crippen LogP contribution in [0.1, 0.15) is 20.8 Å². The first kappa shape index (κ1) is 15.7. The lowest BCUT2D eigenvalue weighted by Gasteiger charge is -2.41. The summed E-state index contributed by atoms with van der Waals surface area (Å²) in [6, 6.07) is 0.616. The molecule has 112 valence electrons. The van der Waals surface area contributed by atoms with Gasteiger partial charge in [0.05, 0.1) is 24.9 Å². The number of ether oxygens (including phenoxy) is 2. The van der Waals surface area contributed by atoms with E-state index in [-0.39, 0.29) is 0 Å². The Morgan fingerprint density at radius 2 is 2.00 bits per heavy atom. The summed E-state index contributed by atoms with van der Waals surface area (Å²) < 4.78 is 11.8. The van der Waals surface area contributed by atoms with Gasteiger partial charge in [-0.1, -0.05) is 15.9 Å². The van der Waals surface area contributed by atoms with Crippen molar-refractivity contribution in [3.05, 3.63) is 0 Å². The number of alkyl halides is 1. The molecule has 0 aromatic heterocycles.